The Bertz CT molecular complexity index is 742. The Labute approximate surface area is 125 Å². The number of sulfonamides is 1. The third kappa shape index (κ3) is 3.17. The standard InChI is InChI=1S/C13H11BrN2O3S/c14-9-5-7-10(8-6-9)20(18,19)16-12-4-2-1-3-11(12)13(15)17/h1-8,16H,(H2,15,17). The monoisotopic (exact) mass is 354 g/mol. The zero-order valence-electron chi connectivity index (χ0n) is 10.2. The van der Waals surface area contributed by atoms with Crippen molar-refractivity contribution in [1.82, 2.24) is 0 Å². The van der Waals surface area contributed by atoms with Gasteiger partial charge in [-0.1, -0.05) is 28.1 Å². The van der Waals surface area contributed by atoms with Gasteiger partial charge in [-0.2, -0.15) is 0 Å². The third-order valence-electron chi connectivity index (χ3n) is 2.56. The lowest BCUT2D eigenvalue weighted by atomic mass is 10.2. The van der Waals surface area contributed by atoms with E-state index in [0.29, 0.717) is 0 Å². The number of nitrogens with two attached hydrogens (primary N) is 1. The second-order valence-electron chi connectivity index (χ2n) is 3.97. The molecule has 0 fully saturated rings. The van der Waals surface area contributed by atoms with Crippen LogP contribution in [-0.2, 0) is 10.0 Å². The maximum atomic E-state index is 12.2. The van der Waals surface area contributed by atoms with E-state index in [9.17, 15) is 13.2 Å². The van der Waals surface area contributed by atoms with E-state index in [1.54, 1.807) is 24.3 Å². The Morgan fingerprint density at radius 2 is 1.65 bits per heavy atom. The second-order valence-corrected chi connectivity index (χ2v) is 6.57. The molecule has 0 saturated heterocycles. The van der Waals surface area contributed by atoms with Crippen LogP contribution in [0.3, 0.4) is 0 Å². The van der Waals surface area contributed by atoms with Crippen LogP contribution in [0.1, 0.15) is 10.4 Å². The van der Waals surface area contributed by atoms with E-state index in [-0.39, 0.29) is 16.1 Å². The van der Waals surface area contributed by atoms with Gasteiger partial charge in [-0.05, 0) is 36.4 Å². The largest absolute Gasteiger partial charge is 0.366 e. The Morgan fingerprint density at radius 1 is 1.05 bits per heavy atom. The zero-order valence-corrected chi connectivity index (χ0v) is 12.6. The van der Waals surface area contributed by atoms with Crippen LogP contribution in [-0.4, -0.2) is 14.3 Å². The van der Waals surface area contributed by atoms with Crippen LogP contribution in [0, 0.1) is 0 Å². The lowest BCUT2D eigenvalue weighted by molar-refractivity contribution is 0.100. The Balaban J connectivity index is 2.38. The number of halogens is 1. The summed E-state index contributed by atoms with van der Waals surface area (Å²) in [5, 5.41) is 0. The van der Waals surface area contributed by atoms with Crippen LogP contribution in [0.25, 0.3) is 0 Å². The zero-order chi connectivity index (χ0) is 14.8. The SMILES string of the molecule is NC(=O)c1ccccc1NS(=O)(=O)c1ccc(Br)cc1. The highest BCUT2D eigenvalue weighted by molar-refractivity contribution is 9.10. The summed E-state index contributed by atoms with van der Waals surface area (Å²) in [6.07, 6.45) is 0. The summed E-state index contributed by atoms with van der Waals surface area (Å²) in [5.74, 6) is -0.695. The van der Waals surface area contributed by atoms with Gasteiger partial charge in [0.25, 0.3) is 15.9 Å². The van der Waals surface area contributed by atoms with E-state index in [1.165, 1.54) is 24.3 Å². The van der Waals surface area contributed by atoms with Gasteiger partial charge in [-0.15, -0.1) is 0 Å². The van der Waals surface area contributed by atoms with Crippen molar-refractivity contribution in [2.45, 2.75) is 4.90 Å². The van der Waals surface area contributed by atoms with Crippen molar-refractivity contribution in [3.05, 3.63) is 58.6 Å². The van der Waals surface area contributed by atoms with Crippen molar-refractivity contribution < 1.29 is 13.2 Å². The molecule has 0 radical (unpaired) electrons. The molecule has 0 bridgehead atoms. The molecule has 2 aromatic carbocycles. The molecule has 0 aliphatic heterocycles. The molecule has 0 aromatic heterocycles. The molecular weight excluding hydrogens is 344 g/mol. The van der Waals surface area contributed by atoms with Crippen LogP contribution in [0.15, 0.2) is 57.9 Å². The van der Waals surface area contributed by atoms with Gasteiger partial charge >= 0.3 is 0 Å². The van der Waals surface area contributed by atoms with Crippen LogP contribution in [0.2, 0.25) is 0 Å². The molecule has 20 heavy (non-hydrogen) atoms. The third-order valence-corrected chi connectivity index (χ3v) is 4.47. The number of benzene rings is 2. The minimum Gasteiger partial charge on any atom is -0.366 e. The van der Waals surface area contributed by atoms with Gasteiger partial charge in [0.15, 0.2) is 0 Å². The number of hydrogen-bond donors (Lipinski definition) is 2. The summed E-state index contributed by atoms with van der Waals surface area (Å²) in [4.78, 5) is 11.4. The number of carbonyl (C=O) groups excluding carboxylic acids is 1. The first kappa shape index (κ1) is 14.5. The summed E-state index contributed by atoms with van der Waals surface area (Å²) in [6, 6.07) is 12.3. The minimum atomic E-state index is -3.76. The molecule has 0 aliphatic rings. The van der Waals surface area contributed by atoms with Gasteiger partial charge in [-0.3, -0.25) is 9.52 Å². The van der Waals surface area contributed by atoms with E-state index in [2.05, 4.69) is 20.7 Å². The van der Waals surface area contributed by atoms with Crippen molar-refractivity contribution >= 4 is 37.5 Å². The molecule has 5 nitrogen and oxygen atoms in total. The van der Waals surface area contributed by atoms with Gasteiger partial charge in [0, 0.05) is 4.47 Å². The summed E-state index contributed by atoms with van der Waals surface area (Å²) in [5.41, 5.74) is 5.49. The Morgan fingerprint density at radius 3 is 2.25 bits per heavy atom. The van der Waals surface area contributed by atoms with Crippen molar-refractivity contribution in [3.63, 3.8) is 0 Å². The van der Waals surface area contributed by atoms with Crippen LogP contribution in [0.5, 0.6) is 0 Å². The molecule has 0 spiro atoms. The molecule has 0 aliphatic carbocycles. The topological polar surface area (TPSA) is 89.3 Å². The predicted octanol–water partition coefficient (Wildman–Crippen LogP) is 2.35. The van der Waals surface area contributed by atoms with Crippen molar-refractivity contribution in [2.75, 3.05) is 4.72 Å². The number of anilines is 1. The molecule has 2 rings (SSSR count). The average Bonchev–Trinajstić information content (AvgIpc) is 2.39. The quantitative estimate of drug-likeness (QED) is 0.882. The Hall–Kier alpha value is -1.86. The molecule has 0 saturated carbocycles. The fourth-order valence-electron chi connectivity index (χ4n) is 1.60. The van der Waals surface area contributed by atoms with Gasteiger partial charge in [0.05, 0.1) is 16.1 Å². The summed E-state index contributed by atoms with van der Waals surface area (Å²) in [7, 11) is -3.76. The molecule has 1 amide bonds. The number of para-hydroxylation sites is 1. The van der Waals surface area contributed by atoms with Gasteiger partial charge < -0.3 is 5.73 Å². The molecule has 0 heterocycles. The lowest BCUT2D eigenvalue weighted by Gasteiger charge is -2.10. The highest BCUT2D eigenvalue weighted by Gasteiger charge is 2.17. The number of carbonyl (C=O) groups is 1. The normalized spacial score (nSPS) is 11.1. The molecule has 3 N–H and O–H groups in total. The Kier molecular flexibility index (Phi) is 4.10. The molecular formula is C13H11BrN2O3S. The van der Waals surface area contributed by atoms with Crippen LogP contribution in [0.4, 0.5) is 5.69 Å². The van der Waals surface area contributed by atoms with E-state index < -0.39 is 15.9 Å². The molecule has 2 aromatic rings. The number of primary amides is 1. The van der Waals surface area contributed by atoms with Gasteiger partial charge in [0.2, 0.25) is 0 Å². The molecule has 104 valence electrons. The summed E-state index contributed by atoms with van der Waals surface area (Å²) < 4.78 is 27.6. The number of rotatable bonds is 4. The van der Waals surface area contributed by atoms with Crippen LogP contribution < -0.4 is 10.5 Å². The van der Waals surface area contributed by atoms with E-state index in [0.717, 1.165) is 4.47 Å². The average molecular weight is 355 g/mol. The molecule has 7 heteroatoms. The lowest BCUT2D eigenvalue weighted by Crippen LogP contribution is -2.18. The summed E-state index contributed by atoms with van der Waals surface area (Å²) in [6.45, 7) is 0. The van der Waals surface area contributed by atoms with Crippen molar-refractivity contribution in [3.8, 4) is 0 Å². The fraction of sp³-hybridized carbons (Fsp3) is 0. The first-order valence-corrected chi connectivity index (χ1v) is 7.85. The fourth-order valence-corrected chi connectivity index (χ4v) is 2.95. The minimum absolute atomic E-state index is 0.0972. The second kappa shape index (κ2) is 5.64. The van der Waals surface area contributed by atoms with Crippen molar-refractivity contribution in [2.24, 2.45) is 5.73 Å². The van der Waals surface area contributed by atoms with E-state index in [1.807, 2.05) is 0 Å². The van der Waals surface area contributed by atoms with Gasteiger partial charge in [-0.25, -0.2) is 8.42 Å². The first-order valence-electron chi connectivity index (χ1n) is 5.57. The predicted molar refractivity (Wildman–Crippen MR) is 79.9 cm³/mol. The van der Waals surface area contributed by atoms with Crippen molar-refractivity contribution in [1.29, 1.82) is 0 Å². The highest BCUT2D eigenvalue weighted by atomic mass is 79.9. The smallest absolute Gasteiger partial charge is 0.261 e. The van der Waals surface area contributed by atoms with Crippen LogP contribution >= 0.6 is 15.9 Å². The highest BCUT2D eigenvalue weighted by Crippen LogP contribution is 2.21. The molecule has 0 unspecified atom stereocenters. The maximum Gasteiger partial charge on any atom is 0.261 e. The number of nitrogens with one attached hydrogen (secondary N) is 1. The number of hydrogen-bond acceptors (Lipinski definition) is 3. The van der Waals surface area contributed by atoms with E-state index in [4.69, 9.17) is 5.73 Å². The van der Waals surface area contributed by atoms with Gasteiger partial charge in [0.1, 0.15) is 0 Å². The molecule has 0 atom stereocenters. The first-order chi connectivity index (χ1) is 9.40. The summed E-state index contributed by atoms with van der Waals surface area (Å²) >= 11 is 3.23. The number of amides is 1. The maximum absolute atomic E-state index is 12.2. The van der Waals surface area contributed by atoms with E-state index >= 15 is 0 Å².